The molecule has 9 nitrogen and oxygen atoms in total. The number of alkyl carbamates (subject to hydrolysis) is 1. The Labute approximate surface area is 196 Å². The van der Waals surface area contributed by atoms with Gasteiger partial charge in [-0.3, -0.25) is 14.4 Å². The second-order valence-electron chi connectivity index (χ2n) is 8.31. The molecule has 2 heterocycles. The quantitative estimate of drug-likeness (QED) is 0.527. The molecule has 0 fully saturated rings. The highest BCUT2D eigenvalue weighted by atomic mass is 32.1. The normalized spacial score (nSPS) is 17.1. The third kappa shape index (κ3) is 7.38. The number of carbonyl (C=O) groups excluding carboxylic acids is 4. The number of ketones is 1. The lowest BCUT2D eigenvalue weighted by molar-refractivity contribution is -0.140. The maximum atomic E-state index is 13.0. The first-order valence-electron chi connectivity index (χ1n) is 10.9. The van der Waals surface area contributed by atoms with Crippen LogP contribution in [0, 0.1) is 5.92 Å². The summed E-state index contributed by atoms with van der Waals surface area (Å²) < 4.78 is 9.55. The first-order chi connectivity index (χ1) is 15.8. The maximum absolute atomic E-state index is 13.0. The standard InChI is InChI=1S/C23H28N4O5S/c1-14(2)10-19(26-23(31)32-13-15-6-4-3-5-7-15)21(29)25-18-12-17-11-16(27-33-17)8-9-24-22(30)20(18)28/h3-7,11,14,18-19H,8-10,12-13H2,1-2H3,(H,24,30)(H,25,29)(H,26,31). The van der Waals surface area contributed by atoms with Crippen LogP contribution in [0.2, 0.25) is 0 Å². The van der Waals surface area contributed by atoms with Gasteiger partial charge in [0.25, 0.3) is 5.91 Å². The van der Waals surface area contributed by atoms with E-state index < -0.39 is 35.8 Å². The van der Waals surface area contributed by atoms with E-state index in [0.29, 0.717) is 19.4 Å². The van der Waals surface area contributed by atoms with Crippen molar-refractivity contribution in [2.24, 2.45) is 5.92 Å². The molecule has 1 aliphatic heterocycles. The molecule has 3 N–H and O–H groups in total. The highest BCUT2D eigenvalue weighted by Gasteiger charge is 2.32. The first kappa shape index (κ1) is 24.4. The Balaban J connectivity index is 1.67. The number of aromatic nitrogens is 1. The van der Waals surface area contributed by atoms with Crippen molar-refractivity contribution in [2.45, 2.75) is 51.8 Å². The number of amides is 3. The molecule has 1 aromatic heterocycles. The van der Waals surface area contributed by atoms with Gasteiger partial charge in [0.2, 0.25) is 11.7 Å². The third-order valence-electron chi connectivity index (χ3n) is 5.06. The molecule has 1 aliphatic rings. The van der Waals surface area contributed by atoms with E-state index in [1.807, 2.05) is 50.2 Å². The van der Waals surface area contributed by atoms with Gasteiger partial charge in [-0.25, -0.2) is 4.79 Å². The van der Waals surface area contributed by atoms with Crippen LogP contribution in [0.1, 0.15) is 36.4 Å². The van der Waals surface area contributed by atoms with E-state index in [2.05, 4.69) is 20.3 Å². The van der Waals surface area contributed by atoms with Crippen molar-refractivity contribution in [1.82, 2.24) is 20.3 Å². The summed E-state index contributed by atoms with van der Waals surface area (Å²) in [5, 5.41) is 7.81. The Morgan fingerprint density at radius 1 is 1.24 bits per heavy atom. The number of nitrogens with one attached hydrogen (secondary N) is 3. The van der Waals surface area contributed by atoms with Crippen molar-refractivity contribution in [1.29, 1.82) is 0 Å². The smallest absolute Gasteiger partial charge is 0.408 e. The van der Waals surface area contributed by atoms with Gasteiger partial charge in [-0.1, -0.05) is 44.2 Å². The molecule has 1 aromatic carbocycles. The summed E-state index contributed by atoms with van der Waals surface area (Å²) in [4.78, 5) is 51.1. The molecule has 2 bridgehead atoms. The van der Waals surface area contributed by atoms with Gasteiger partial charge < -0.3 is 20.7 Å². The minimum Gasteiger partial charge on any atom is -0.445 e. The highest BCUT2D eigenvalue weighted by molar-refractivity contribution is 7.05. The number of fused-ring (bicyclic) bond motifs is 2. The second-order valence-corrected chi connectivity index (χ2v) is 9.20. The largest absolute Gasteiger partial charge is 0.445 e. The predicted molar refractivity (Wildman–Crippen MR) is 122 cm³/mol. The van der Waals surface area contributed by atoms with E-state index in [1.54, 1.807) is 0 Å². The Morgan fingerprint density at radius 2 is 2.00 bits per heavy atom. The van der Waals surface area contributed by atoms with Crippen LogP contribution in [0.5, 0.6) is 0 Å². The molecule has 0 aliphatic carbocycles. The topological polar surface area (TPSA) is 126 Å². The summed E-state index contributed by atoms with van der Waals surface area (Å²) in [5.41, 5.74) is 1.65. The predicted octanol–water partition coefficient (Wildman–Crippen LogP) is 1.75. The van der Waals surface area contributed by atoms with Gasteiger partial charge in [-0.15, -0.1) is 0 Å². The van der Waals surface area contributed by atoms with Crippen molar-refractivity contribution >= 4 is 35.2 Å². The molecule has 2 atom stereocenters. The van der Waals surface area contributed by atoms with Gasteiger partial charge in [-0.05, 0) is 35.5 Å². The monoisotopic (exact) mass is 472 g/mol. The van der Waals surface area contributed by atoms with Gasteiger partial charge in [0.05, 0.1) is 5.69 Å². The van der Waals surface area contributed by atoms with Crippen molar-refractivity contribution in [2.75, 3.05) is 6.54 Å². The van der Waals surface area contributed by atoms with Crippen molar-refractivity contribution in [3.63, 3.8) is 0 Å². The molecular formula is C23H28N4O5S. The SMILES string of the molecule is CC(C)CC(NC(=O)OCc1ccccc1)C(=O)NC1Cc2cc(ns2)CCNC(=O)C1=O. The molecule has 0 radical (unpaired) electrons. The van der Waals surface area contributed by atoms with Crippen LogP contribution in [0.15, 0.2) is 36.4 Å². The average molecular weight is 473 g/mol. The summed E-state index contributed by atoms with van der Waals surface area (Å²) in [7, 11) is 0. The molecule has 2 aromatic rings. The zero-order chi connectivity index (χ0) is 23.8. The molecule has 0 saturated heterocycles. The van der Waals surface area contributed by atoms with Gasteiger partial charge in [-0.2, -0.15) is 4.37 Å². The van der Waals surface area contributed by atoms with E-state index >= 15 is 0 Å². The van der Waals surface area contributed by atoms with E-state index in [9.17, 15) is 19.2 Å². The molecule has 3 rings (SSSR count). The van der Waals surface area contributed by atoms with Crippen LogP contribution in [0.3, 0.4) is 0 Å². The van der Waals surface area contributed by atoms with E-state index in [-0.39, 0.29) is 18.9 Å². The Kier molecular flexibility index (Phi) is 8.53. The number of carbonyl (C=O) groups is 4. The van der Waals surface area contributed by atoms with Gasteiger partial charge in [0.15, 0.2) is 0 Å². The third-order valence-corrected chi connectivity index (χ3v) is 5.91. The summed E-state index contributed by atoms with van der Waals surface area (Å²) in [6.07, 6.45) is 0.298. The first-order valence-corrected chi connectivity index (χ1v) is 11.6. The molecule has 176 valence electrons. The molecule has 0 saturated carbocycles. The lowest BCUT2D eigenvalue weighted by atomic mass is 10.0. The summed E-state index contributed by atoms with van der Waals surface area (Å²) in [6.45, 7) is 4.19. The van der Waals surface area contributed by atoms with Crippen molar-refractivity contribution < 1.29 is 23.9 Å². The second kappa shape index (κ2) is 11.6. The Bertz CT molecular complexity index is 992. The van der Waals surface area contributed by atoms with Crippen LogP contribution in [0.4, 0.5) is 4.79 Å². The fourth-order valence-corrected chi connectivity index (χ4v) is 4.22. The van der Waals surface area contributed by atoms with Gasteiger partial charge >= 0.3 is 6.09 Å². The number of Topliss-reactive ketones (excluding diaryl/α,β-unsaturated/α-hetero) is 1. The molecule has 3 amide bonds. The number of hydrogen-bond donors (Lipinski definition) is 3. The van der Waals surface area contributed by atoms with E-state index in [4.69, 9.17) is 4.74 Å². The minimum absolute atomic E-state index is 0.0671. The average Bonchev–Trinajstić information content (AvgIpc) is 3.22. The molecule has 0 spiro atoms. The van der Waals surface area contributed by atoms with Crippen LogP contribution in [-0.2, 0) is 38.6 Å². The molecule has 10 heteroatoms. The van der Waals surface area contributed by atoms with E-state index in [1.165, 1.54) is 11.5 Å². The summed E-state index contributed by atoms with van der Waals surface area (Å²) >= 11 is 1.24. The van der Waals surface area contributed by atoms with E-state index in [0.717, 1.165) is 16.1 Å². The minimum atomic E-state index is -1.05. The summed E-state index contributed by atoms with van der Waals surface area (Å²) in [6, 6.07) is 9.09. The van der Waals surface area contributed by atoms with Crippen molar-refractivity contribution in [3.05, 3.63) is 52.5 Å². The molecule has 2 unspecified atom stereocenters. The number of benzene rings is 1. The number of ether oxygens (including phenoxy) is 1. The Morgan fingerprint density at radius 3 is 2.73 bits per heavy atom. The van der Waals surface area contributed by atoms with Gasteiger partial charge in [0.1, 0.15) is 18.7 Å². The van der Waals surface area contributed by atoms with Crippen molar-refractivity contribution in [3.8, 4) is 0 Å². The van der Waals surface area contributed by atoms with Crippen LogP contribution in [-0.4, -0.2) is 46.7 Å². The highest BCUT2D eigenvalue weighted by Crippen LogP contribution is 2.15. The van der Waals surface area contributed by atoms with Crippen LogP contribution in [0.25, 0.3) is 0 Å². The van der Waals surface area contributed by atoms with Crippen LogP contribution >= 0.6 is 11.5 Å². The summed E-state index contributed by atoms with van der Waals surface area (Å²) in [5.74, 6) is -1.94. The van der Waals surface area contributed by atoms with Gasteiger partial charge in [0, 0.05) is 24.3 Å². The number of rotatable bonds is 7. The zero-order valence-electron chi connectivity index (χ0n) is 18.6. The fraction of sp³-hybridized carbons (Fsp3) is 0.435. The Hall–Kier alpha value is -3.27. The lowest BCUT2D eigenvalue weighted by Crippen LogP contribution is -2.55. The lowest BCUT2D eigenvalue weighted by Gasteiger charge is -2.23. The zero-order valence-corrected chi connectivity index (χ0v) is 19.4. The number of hydrogen-bond acceptors (Lipinski definition) is 7. The number of nitrogens with zero attached hydrogens (tertiary/aromatic N) is 1. The fourth-order valence-electron chi connectivity index (χ4n) is 3.41. The van der Waals surface area contributed by atoms with Crippen LogP contribution < -0.4 is 16.0 Å². The molecular weight excluding hydrogens is 444 g/mol. The molecule has 33 heavy (non-hydrogen) atoms. The maximum Gasteiger partial charge on any atom is 0.408 e.